The van der Waals surface area contributed by atoms with Crippen molar-refractivity contribution in [2.75, 3.05) is 31.7 Å². The first kappa shape index (κ1) is 25.4. The van der Waals surface area contributed by atoms with Crippen LogP contribution in [0.1, 0.15) is 0 Å². The van der Waals surface area contributed by atoms with Gasteiger partial charge in [-0.2, -0.15) is 0 Å². The Morgan fingerprint density at radius 2 is 2.06 bits per heavy atom. The molecule has 1 aromatic carbocycles. The fraction of sp³-hybridized carbons (Fsp3) is 0.391. The molecule has 0 spiro atoms. The molecule has 188 valence electrons. The predicted molar refractivity (Wildman–Crippen MR) is 132 cm³/mol. The number of anilines is 1. The summed E-state index contributed by atoms with van der Waals surface area (Å²) >= 11 is 6.40. The predicted octanol–water partition coefficient (Wildman–Crippen LogP) is 4.99. The lowest BCUT2D eigenvalue weighted by atomic mass is 10.1. The summed E-state index contributed by atoms with van der Waals surface area (Å²) in [6.45, 7) is 6.97. The number of hydrogen-bond acceptors (Lipinski definition) is 5. The Morgan fingerprint density at radius 1 is 1.31 bits per heavy atom. The molecule has 0 saturated carbocycles. The summed E-state index contributed by atoms with van der Waals surface area (Å²) in [6.07, 6.45) is 3.11. The van der Waals surface area contributed by atoms with E-state index in [1.165, 1.54) is 12.3 Å². The van der Waals surface area contributed by atoms with Gasteiger partial charge < -0.3 is 29.4 Å². The number of hydrogen-bond donors (Lipinski definition) is 2. The lowest BCUT2D eigenvalue weighted by molar-refractivity contribution is -0.0292. The number of halogens is 3. The van der Waals surface area contributed by atoms with Crippen LogP contribution in [0.25, 0.3) is 11.0 Å². The topological polar surface area (TPSA) is 86.6 Å². The molecule has 1 aliphatic heterocycles. The number of urea groups is 1. The zero-order valence-corrected chi connectivity index (χ0v) is 21.4. The Balaban J connectivity index is 1.47. The third-order valence-corrected chi connectivity index (χ3v) is 7.15. The molecule has 2 N–H and O–H groups in total. The van der Waals surface area contributed by atoms with Gasteiger partial charge in [0.2, 0.25) is 0 Å². The van der Waals surface area contributed by atoms with Crippen LogP contribution in [0.3, 0.4) is 0 Å². The molecule has 2 aromatic heterocycles. The first-order chi connectivity index (χ1) is 16.8. The molecular weight excluding hydrogens is 498 g/mol. The van der Waals surface area contributed by atoms with Gasteiger partial charge in [0, 0.05) is 58.1 Å². The number of benzene rings is 1. The number of amides is 2. The molecule has 0 aliphatic carbocycles. The van der Waals surface area contributed by atoms with E-state index < -0.39 is 32.2 Å². The molecule has 8 nitrogen and oxygen atoms in total. The first-order valence-electron chi connectivity index (χ1n) is 11.3. The van der Waals surface area contributed by atoms with Crippen molar-refractivity contribution in [3.8, 4) is 11.5 Å². The van der Waals surface area contributed by atoms with E-state index in [1.807, 2.05) is 0 Å². The van der Waals surface area contributed by atoms with Crippen LogP contribution in [0.4, 0.5) is 19.3 Å². The Kier molecular flexibility index (Phi) is 8.21. The highest BCUT2D eigenvalue weighted by molar-refractivity contribution is 6.55. The molecule has 0 atom stereocenters. The second-order valence-corrected chi connectivity index (χ2v) is 12.6. The van der Waals surface area contributed by atoms with Crippen molar-refractivity contribution in [3.05, 3.63) is 47.2 Å². The Bertz CT molecular complexity index is 1180. The number of ether oxygens (including phenoxy) is 3. The lowest BCUT2D eigenvalue weighted by Crippen LogP contribution is -2.40. The molecule has 3 heterocycles. The summed E-state index contributed by atoms with van der Waals surface area (Å²) in [5.41, 5.74) is 0.433. The highest BCUT2D eigenvalue weighted by Crippen LogP contribution is 2.37. The van der Waals surface area contributed by atoms with E-state index in [0.717, 1.165) is 18.2 Å². The number of carbonyl (C=O) groups is 1. The number of nitrogens with zero attached hydrogens (tertiary/aromatic N) is 2. The fourth-order valence-electron chi connectivity index (χ4n) is 3.46. The molecule has 1 aliphatic rings. The molecule has 35 heavy (non-hydrogen) atoms. The minimum absolute atomic E-state index is 0.0413. The van der Waals surface area contributed by atoms with Crippen LogP contribution in [0.5, 0.6) is 11.5 Å². The van der Waals surface area contributed by atoms with E-state index in [0.29, 0.717) is 42.4 Å². The average molecular weight is 525 g/mol. The summed E-state index contributed by atoms with van der Waals surface area (Å²) in [4.78, 5) is 16.3. The highest BCUT2D eigenvalue weighted by atomic mass is 35.5. The van der Waals surface area contributed by atoms with Crippen LogP contribution in [-0.4, -0.2) is 50.7 Å². The Morgan fingerprint density at radius 3 is 2.71 bits per heavy atom. The van der Waals surface area contributed by atoms with Crippen LogP contribution >= 0.6 is 11.6 Å². The fourth-order valence-corrected chi connectivity index (χ4v) is 4.39. The van der Waals surface area contributed by atoms with Gasteiger partial charge in [0.15, 0.2) is 17.4 Å². The zero-order chi connectivity index (χ0) is 24.9. The van der Waals surface area contributed by atoms with Gasteiger partial charge in [-0.25, -0.2) is 18.6 Å². The molecule has 0 radical (unpaired) electrons. The second-order valence-electron chi connectivity index (χ2n) is 8.78. The Labute approximate surface area is 208 Å². The summed E-state index contributed by atoms with van der Waals surface area (Å²) in [6, 6.07) is 3.94. The Hall–Kier alpha value is -2.73. The van der Waals surface area contributed by atoms with Gasteiger partial charge in [-0.3, -0.25) is 0 Å². The van der Waals surface area contributed by atoms with Crippen LogP contribution < -0.4 is 15.4 Å². The van der Waals surface area contributed by atoms with Gasteiger partial charge >= 0.3 is 6.03 Å². The van der Waals surface area contributed by atoms with Crippen LogP contribution in [0.15, 0.2) is 30.6 Å². The molecular formula is C23H27ClF2N4O4Si. The van der Waals surface area contributed by atoms with E-state index in [2.05, 4.69) is 28.7 Å². The van der Waals surface area contributed by atoms with E-state index in [-0.39, 0.29) is 24.1 Å². The van der Waals surface area contributed by atoms with Crippen molar-refractivity contribution in [2.45, 2.75) is 25.9 Å². The van der Waals surface area contributed by atoms with Crippen molar-refractivity contribution >= 4 is 43.1 Å². The summed E-state index contributed by atoms with van der Waals surface area (Å²) in [5, 5.41) is 5.79. The monoisotopic (exact) mass is 524 g/mol. The molecule has 0 bridgehead atoms. The van der Waals surface area contributed by atoms with Gasteiger partial charge in [-0.1, -0.05) is 24.7 Å². The molecule has 0 unspecified atom stereocenters. The van der Waals surface area contributed by atoms with Gasteiger partial charge in [0.1, 0.15) is 18.1 Å². The van der Waals surface area contributed by atoms with Crippen molar-refractivity contribution < 1.29 is 27.8 Å². The largest absolute Gasteiger partial charge is 0.450 e. The molecule has 4 rings (SSSR count). The maximum Gasteiger partial charge on any atom is 0.319 e. The molecule has 3 aromatic rings. The standard InChI is InChI=1S/C23H27ClF2N4O4Si/c1-35(2)6-5-32-13-30-10-16(24)20-19(3-4-27-22(20)30)34-21-17(25)7-15(8-18(21)26)29-23(31)28-9-14-11-33-12-14/h3-4,7-8,10,14,35H,5-6,9,11-13H2,1-2H3,(H2,28,29,31). The van der Waals surface area contributed by atoms with Gasteiger partial charge in [-0.15, -0.1) is 0 Å². The number of nitrogens with one attached hydrogen (secondary N) is 2. The number of rotatable bonds is 10. The second kappa shape index (κ2) is 11.3. The lowest BCUT2D eigenvalue weighted by Gasteiger charge is -2.25. The smallest absolute Gasteiger partial charge is 0.319 e. The molecule has 1 fully saturated rings. The normalized spacial score (nSPS) is 13.8. The van der Waals surface area contributed by atoms with E-state index in [9.17, 15) is 13.6 Å². The first-order valence-corrected chi connectivity index (χ1v) is 14.8. The van der Waals surface area contributed by atoms with Crippen LogP contribution in [0, 0.1) is 17.6 Å². The van der Waals surface area contributed by atoms with Crippen LogP contribution in [0.2, 0.25) is 24.2 Å². The van der Waals surface area contributed by atoms with Crippen LogP contribution in [-0.2, 0) is 16.2 Å². The van der Waals surface area contributed by atoms with Crippen molar-refractivity contribution in [1.29, 1.82) is 0 Å². The average Bonchev–Trinajstić information content (AvgIpc) is 3.09. The van der Waals surface area contributed by atoms with Crippen molar-refractivity contribution in [1.82, 2.24) is 14.9 Å². The molecule has 12 heteroatoms. The summed E-state index contributed by atoms with van der Waals surface area (Å²) < 4.78 is 47.6. The van der Waals surface area contributed by atoms with E-state index in [1.54, 1.807) is 10.8 Å². The van der Waals surface area contributed by atoms with Crippen molar-refractivity contribution in [2.24, 2.45) is 5.92 Å². The zero-order valence-electron chi connectivity index (χ0n) is 19.4. The van der Waals surface area contributed by atoms with E-state index >= 15 is 0 Å². The number of carbonyl (C=O) groups excluding carboxylic acids is 1. The van der Waals surface area contributed by atoms with Gasteiger partial charge in [-0.05, 0) is 12.1 Å². The minimum atomic E-state index is -0.977. The highest BCUT2D eigenvalue weighted by Gasteiger charge is 2.21. The molecule has 1 saturated heterocycles. The van der Waals surface area contributed by atoms with Gasteiger partial charge in [0.25, 0.3) is 0 Å². The third-order valence-electron chi connectivity index (χ3n) is 5.47. The number of pyridine rings is 1. The number of fused-ring (bicyclic) bond motifs is 1. The maximum atomic E-state index is 14.8. The third kappa shape index (κ3) is 6.29. The summed E-state index contributed by atoms with van der Waals surface area (Å²) in [7, 11) is -0.716. The quantitative estimate of drug-likeness (QED) is 0.288. The van der Waals surface area contributed by atoms with Gasteiger partial charge in [0.05, 0.1) is 23.6 Å². The van der Waals surface area contributed by atoms with E-state index in [4.69, 9.17) is 25.8 Å². The van der Waals surface area contributed by atoms with Crippen molar-refractivity contribution in [3.63, 3.8) is 0 Å². The summed E-state index contributed by atoms with van der Waals surface area (Å²) in [5.74, 6) is -2.18. The minimum Gasteiger partial charge on any atom is -0.450 e. The number of aromatic nitrogens is 2. The molecule has 2 amide bonds. The maximum absolute atomic E-state index is 14.8. The SMILES string of the molecule is C[SiH](C)CCOCn1cc(Cl)c2c(Oc3c(F)cc(NC(=O)NCC4COC4)cc3F)ccnc21.